The third kappa shape index (κ3) is 22.3. The number of halogens is 5. The molecule has 682 valence electrons. The van der Waals surface area contributed by atoms with E-state index in [1.807, 2.05) is 160 Å². The highest BCUT2D eigenvalue weighted by atomic mass is 19.3. The molecule has 0 aliphatic carbocycles. The van der Waals surface area contributed by atoms with Crippen molar-refractivity contribution >= 4 is 68.0 Å². The van der Waals surface area contributed by atoms with Crippen molar-refractivity contribution in [2.75, 3.05) is 180 Å². The Morgan fingerprint density at radius 1 is 0.318 bits per heavy atom. The number of aromatic nitrogens is 10. The Bertz CT molecular complexity index is 6910. The average Bonchev–Trinajstić information content (AvgIpc) is 0.800. The lowest BCUT2D eigenvalue weighted by atomic mass is 10.1. The first-order chi connectivity index (χ1) is 63.9. The third-order valence-corrected chi connectivity index (χ3v) is 23.3. The van der Waals surface area contributed by atoms with Crippen LogP contribution in [0.4, 0.5) is 61.8 Å². The summed E-state index contributed by atoms with van der Waals surface area (Å²) >= 11 is 0. The van der Waals surface area contributed by atoms with Crippen molar-refractivity contribution in [2.24, 2.45) is 0 Å². The summed E-state index contributed by atoms with van der Waals surface area (Å²) in [5, 5.41) is 16.8. The van der Waals surface area contributed by atoms with Crippen molar-refractivity contribution in [1.82, 2.24) is 73.5 Å². The summed E-state index contributed by atoms with van der Waals surface area (Å²) < 4.78 is 79.0. The first-order valence-electron chi connectivity index (χ1n) is 43.9. The van der Waals surface area contributed by atoms with E-state index in [0.717, 1.165) is 169 Å². The summed E-state index contributed by atoms with van der Waals surface area (Å²) in [5.74, 6) is -0.221. The topological polar surface area (TPSA) is 273 Å². The van der Waals surface area contributed by atoms with Crippen LogP contribution in [0.1, 0.15) is 13.8 Å². The summed E-state index contributed by atoms with van der Waals surface area (Å²) in [5.41, 5.74) is 16.2. The summed E-state index contributed by atoms with van der Waals surface area (Å²) in [6.07, 6.45) is 9.25. The second-order valence-corrected chi connectivity index (χ2v) is 33.0. The molecule has 20 rings (SSSR count). The van der Waals surface area contributed by atoms with Crippen LogP contribution in [0.3, 0.4) is 0 Å². The van der Waals surface area contributed by atoms with Crippen molar-refractivity contribution in [1.29, 1.82) is 0 Å². The van der Waals surface area contributed by atoms with Crippen LogP contribution in [0.5, 0.6) is 11.5 Å². The quantitative estimate of drug-likeness (QED) is 0.0562. The first kappa shape index (κ1) is 90.9. The highest BCUT2D eigenvalue weighted by Crippen LogP contribution is 2.30. The number of hydrogen-bond acceptors (Lipinski definition) is 24. The Morgan fingerprint density at radius 2 is 0.583 bits per heavy atom. The molecule has 0 bridgehead atoms. The van der Waals surface area contributed by atoms with E-state index >= 15 is 0 Å². The molecule has 29 nitrogen and oxygen atoms in total. The van der Waals surface area contributed by atoms with Crippen LogP contribution in [0.2, 0.25) is 0 Å². The van der Waals surface area contributed by atoms with Gasteiger partial charge in [0.1, 0.15) is 45.6 Å². The molecule has 5 aliphatic heterocycles. The van der Waals surface area contributed by atoms with Crippen LogP contribution in [-0.4, -0.2) is 218 Å². The zero-order valence-corrected chi connectivity index (χ0v) is 74.0. The van der Waals surface area contributed by atoms with Gasteiger partial charge in [-0.2, -0.15) is 17.6 Å². The van der Waals surface area contributed by atoms with Crippen LogP contribution in [0.15, 0.2) is 267 Å². The largest absolute Gasteiger partial charge is 0.435 e. The summed E-state index contributed by atoms with van der Waals surface area (Å²) in [7, 11) is 8.00. The standard InChI is InChI=1S/C21H25N5O.C20H20F2N4O2.C20H23N5O.C19H18F2N4O2.C18H17FN4O/c1-15-13-25(10-9-22-15)18-7-8-20-23-19(12-21(27)26(20)14-18)16-5-4-6-17(11-16)24(2)3;1-13-11-25(9-8-23-13)15-4-7-18-24-17(10-19(27)26(18)12-15)14-2-5-16(6-3-14)28-20(21)22;1-23(2)16-5-3-4-15(12-16)18-13-20(26)25-14-17(6-7-19(25)22-18)24-10-8-21-9-11-24;20-19(21)27-15-4-1-13(2-5-15)16-11-18(26)25-12-14(3-6-17(25)23-16)24-9-7-22-8-10-24;19-14-3-1-2-13(10-14)16-11-18(24)23-12-15(4-5-17(23)21-16)22-8-6-20-7-9-22/h4-8,11-12,14-15,22H,9-10,13H2,1-3H3;2-7,10,12-13,20,23H,8-9,11H2,1H3;3-7,12-14,21H,8-11H2,1-2H3;1-6,11-12,19,22H,7-10H2;1-5,10-12,20H,6-9H2/t15-;13-;;;/m00.../s1. The van der Waals surface area contributed by atoms with Gasteiger partial charge in [0.2, 0.25) is 0 Å². The highest BCUT2D eigenvalue weighted by Gasteiger charge is 2.23. The van der Waals surface area contributed by atoms with Gasteiger partial charge in [0.15, 0.2) is 0 Å². The molecule has 0 unspecified atom stereocenters. The number of benzene rings is 5. The molecule has 15 aromatic rings. The Labute approximate surface area is 757 Å². The zero-order chi connectivity index (χ0) is 92.1. The molecule has 10 aromatic heterocycles. The number of piperazine rings is 5. The maximum Gasteiger partial charge on any atom is 0.387 e. The van der Waals surface area contributed by atoms with E-state index in [9.17, 15) is 45.9 Å². The van der Waals surface area contributed by atoms with Crippen LogP contribution in [0, 0.1) is 5.82 Å². The van der Waals surface area contributed by atoms with Gasteiger partial charge in [-0.15, -0.1) is 0 Å². The minimum atomic E-state index is -2.87. The summed E-state index contributed by atoms with van der Waals surface area (Å²) in [4.78, 5) is 102. The van der Waals surface area contributed by atoms with Crippen molar-refractivity contribution in [3.8, 4) is 67.8 Å². The van der Waals surface area contributed by atoms with Crippen molar-refractivity contribution < 1.29 is 31.4 Å². The Hall–Kier alpha value is -14.5. The number of fused-ring (bicyclic) bond motifs is 5. The number of alkyl halides is 4. The number of nitrogens with one attached hydrogen (secondary N) is 5. The minimum Gasteiger partial charge on any atom is -0.435 e. The fourth-order valence-electron chi connectivity index (χ4n) is 16.4. The van der Waals surface area contributed by atoms with Crippen molar-refractivity contribution in [3.05, 3.63) is 301 Å². The lowest BCUT2D eigenvalue weighted by Crippen LogP contribution is -2.49. The monoisotopic (exact) mass is 1790 g/mol. The number of ether oxygens (including phenoxy) is 2. The zero-order valence-electron chi connectivity index (χ0n) is 74.0. The van der Waals surface area contributed by atoms with E-state index in [0.29, 0.717) is 85.5 Å². The van der Waals surface area contributed by atoms with Crippen LogP contribution < -0.4 is 98.2 Å². The Kier molecular flexibility index (Phi) is 28.6. The molecule has 15 heterocycles. The molecule has 2 atom stereocenters. The third-order valence-electron chi connectivity index (χ3n) is 23.3. The summed E-state index contributed by atoms with van der Waals surface area (Å²) in [6, 6.07) is 62.1. The van der Waals surface area contributed by atoms with Crippen LogP contribution in [-0.2, 0) is 0 Å². The normalized spacial score (nSPS) is 15.8. The summed E-state index contributed by atoms with van der Waals surface area (Å²) in [6.45, 7) is 15.2. The molecule has 34 heteroatoms. The van der Waals surface area contributed by atoms with Crippen LogP contribution in [0.25, 0.3) is 84.5 Å². The Morgan fingerprint density at radius 3 is 0.856 bits per heavy atom. The predicted octanol–water partition coefficient (Wildman–Crippen LogP) is 11.1. The second kappa shape index (κ2) is 41.5. The van der Waals surface area contributed by atoms with E-state index < -0.39 is 13.2 Å². The van der Waals surface area contributed by atoms with E-state index in [1.54, 1.807) is 67.9 Å². The molecule has 5 aromatic carbocycles. The molecule has 5 saturated heterocycles. The second-order valence-electron chi connectivity index (χ2n) is 33.0. The molecule has 132 heavy (non-hydrogen) atoms. The number of rotatable bonds is 16. The molecule has 5 aliphatic rings. The Balaban J connectivity index is 0.000000120. The minimum absolute atomic E-state index is 0.0581. The van der Waals surface area contributed by atoms with Gasteiger partial charge in [-0.3, -0.25) is 46.0 Å². The first-order valence-corrected chi connectivity index (χ1v) is 43.9. The smallest absolute Gasteiger partial charge is 0.387 e. The molecule has 0 radical (unpaired) electrons. The lowest BCUT2D eigenvalue weighted by molar-refractivity contribution is -0.0505. The van der Waals surface area contributed by atoms with Gasteiger partial charge in [-0.1, -0.05) is 36.4 Å². The van der Waals surface area contributed by atoms with Gasteiger partial charge in [-0.25, -0.2) is 29.3 Å². The highest BCUT2D eigenvalue weighted by molar-refractivity contribution is 5.71. The van der Waals surface area contributed by atoms with E-state index in [4.69, 9.17) is 9.97 Å². The predicted molar refractivity (Wildman–Crippen MR) is 511 cm³/mol. The van der Waals surface area contributed by atoms with Gasteiger partial charge in [0, 0.05) is 259 Å². The number of nitrogens with zero attached hydrogens (tertiary/aromatic N) is 17. The molecular formula is C98H103F5N22O7. The van der Waals surface area contributed by atoms with Crippen molar-refractivity contribution in [2.45, 2.75) is 39.2 Å². The molecule has 5 fully saturated rings. The fraction of sp³-hybridized carbons (Fsp3) is 0.286. The number of anilines is 7. The van der Waals surface area contributed by atoms with Gasteiger partial charge in [-0.05, 0) is 159 Å². The molecule has 0 saturated carbocycles. The SMILES string of the molecule is CN(C)c1cccc(-c2cc(=O)n3cc(N4CCNCC4)ccc3n2)c1.C[C@H]1CN(c2ccc3nc(-c4ccc(OC(F)F)cc4)cc(=O)n3c2)CCN1.C[C@H]1CN(c2ccc3nc(-c4cccc(N(C)C)c4)cc(=O)n3c2)CCN1.O=c1cc(-c2ccc(OC(F)F)cc2)nc2ccc(N3CCNCC3)cn12.O=c1cc(-c2cccc(F)c2)nc2ccc(N3CCNCC3)cn12. The molecule has 0 amide bonds. The van der Waals surface area contributed by atoms with Gasteiger partial charge >= 0.3 is 13.2 Å². The number of pyridine rings is 5. The average molecular weight is 1800 g/mol. The van der Waals surface area contributed by atoms with E-state index in [2.05, 4.69) is 101 Å². The fourth-order valence-corrected chi connectivity index (χ4v) is 16.4. The van der Waals surface area contributed by atoms with Gasteiger partial charge in [0.25, 0.3) is 27.8 Å². The van der Waals surface area contributed by atoms with E-state index in [1.165, 1.54) is 63.4 Å². The maximum absolute atomic E-state index is 13.4. The van der Waals surface area contributed by atoms with Gasteiger partial charge in [0.05, 0.1) is 56.9 Å². The van der Waals surface area contributed by atoms with Gasteiger partial charge < -0.3 is 70.4 Å². The molecular weight excluding hydrogens is 1690 g/mol. The number of hydrogen-bond donors (Lipinski definition) is 5. The molecule has 0 spiro atoms. The van der Waals surface area contributed by atoms with Crippen molar-refractivity contribution in [3.63, 3.8) is 0 Å². The molecule has 5 N–H and O–H groups in total. The van der Waals surface area contributed by atoms with Crippen LogP contribution >= 0.6 is 0 Å². The maximum atomic E-state index is 13.4. The lowest BCUT2D eigenvalue weighted by Gasteiger charge is -2.33. The van der Waals surface area contributed by atoms with E-state index in [-0.39, 0.29) is 45.1 Å².